The smallest absolute Gasteiger partial charge is 0.138 e. The molecule has 0 heterocycles. The molecule has 13 heavy (non-hydrogen) atoms. The number of carbonyl (C=O) groups excluding carboxylic acids is 1. The topological polar surface area (TPSA) is 37.3 Å². The van der Waals surface area contributed by atoms with Crippen LogP contribution in [0, 0.1) is 5.92 Å². The molecule has 0 radical (unpaired) electrons. The highest BCUT2D eigenvalue weighted by molar-refractivity contribution is 6.22. The Balaban J connectivity index is 2.71. The van der Waals surface area contributed by atoms with Crippen molar-refractivity contribution in [3.63, 3.8) is 0 Å². The van der Waals surface area contributed by atoms with E-state index in [-0.39, 0.29) is 23.5 Å². The first-order chi connectivity index (χ1) is 6.14. The maximum atomic E-state index is 11.5. The fraction of sp³-hybridized carbons (Fsp3) is 0.889. The van der Waals surface area contributed by atoms with Gasteiger partial charge < -0.3 is 5.11 Å². The fourth-order valence-corrected chi connectivity index (χ4v) is 2.43. The molecule has 0 aromatic heterocycles. The molecule has 0 aromatic rings. The van der Waals surface area contributed by atoms with Crippen LogP contribution >= 0.6 is 23.2 Å². The van der Waals surface area contributed by atoms with Crippen molar-refractivity contribution in [2.75, 3.05) is 11.8 Å². The van der Waals surface area contributed by atoms with Crippen LogP contribution < -0.4 is 0 Å². The molecule has 0 aliphatic heterocycles. The molecule has 1 aliphatic rings. The number of rotatable bonds is 3. The average Bonchev–Trinajstić information content (AvgIpc) is 2.17. The summed E-state index contributed by atoms with van der Waals surface area (Å²) in [5.74, 6) is -0.175. The molecule has 1 atom stereocenters. The van der Waals surface area contributed by atoms with Gasteiger partial charge in [0.1, 0.15) is 11.4 Å². The minimum atomic E-state index is -1.19. The molecule has 1 fully saturated rings. The minimum absolute atomic E-state index is 0.0346. The van der Waals surface area contributed by atoms with Crippen molar-refractivity contribution in [2.24, 2.45) is 5.92 Å². The van der Waals surface area contributed by atoms with E-state index >= 15 is 0 Å². The van der Waals surface area contributed by atoms with E-state index in [0.717, 1.165) is 19.3 Å². The monoisotopic (exact) mass is 224 g/mol. The molecule has 2 nitrogen and oxygen atoms in total. The van der Waals surface area contributed by atoms with Crippen LogP contribution in [0.2, 0.25) is 0 Å². The maximum absolute atomic E-state index is 11.5. The molecule has 76 valence electrons. The van der Waals surface area contributed by atoms with Crippen LogP contribution in [0.25, 0.3) is 0 Å². The van der Waals surface area contributed by atoms with E-state index in [9.17, 15) is 9.90 Å². The highest BCUT2D eigenvalue weighted by atomic mass is 35.5. The van der Waals surface area contributed by atoms with Crippen LogP contribution in [-0.2, 0) is 4.79 Å². The summed E-state index contributed by atoms with van der Waals surface area (Å²) < 4.78 is 0. The lowest BCUT2D eigenvalue weighted by molar-refractivity contribution is -0.132. The number of carbonyl (C=O) groups is 1. The Hall–Kier alpha value is 0.210. The Kier molecular flexibility index (Phi) is 4.02. The van der Waals surface area contributed by atoms with Crippen LogP contribution in [-0.4, -0.2) is 28.3 Å². The van der Waals surface area contributed by atoms with Crippen molar-refractivity contribution in [3.8, 4) is 0 Å². The third kappa shape index (κ3) is 2.36. The fourth-order valence-electron chi connectivity index (χ4n) is 1.77. The third-order valence-electron chi connectivity index (χ3n) is 2.67. The van der Waals surface area contributed by atoms with Gasteiger partial charge in [0.15, 0.2) is 0 Å². The van der Waals surface area contributed by atoms with Crippen LogP contribution in [0.4, 0.5) is 0 Å². The van der Waals surface area contributed by atoms with Crippen molar-refractivity contribution >= 4 is 29.0 Å². The summed E-state index contributed by atoms with van der Waals surface area (Å²) in [6.07, 6.45) is 3.18. The first kappa shape index (κ1) is 11.3. The van der Waals surface area contributed by atoms with Gasteiger partial charge >= 0.3 is 0 Å². The van der Waals surface area contributed by atoms with Gasteiger partial charge in [0.25, 0.3) is 0 Å². The molecule has 1 aliphatic carbocycles. The average molecular weight is 225 g/mol. The summed E-state index contributed by atoms with van der Waals surface area (Å²) in [6.45, 7) is 0. The van der Waals surface area contributed by atoms with Crippen molar-refractivity contribution in [1.29, 1.82) is 0 Å². The Morgan fingerprint density at radius 2 is 2.00 bits per heavy atom. The van der Waals surface area contributed by atoms with Gasteiger partial charge in [-0.2, -0.15) is 0 Å². The standard InChI is InChI=1S/C9H14Cl2O2/c10-5-9(13,6-11)7-3-1-2-4-8(7)12/h7,13H,1-6H2. The van der Waals surface area contributed by atoms with Crippen LogP contribution in [0.5, 0.6) is 0 Å². The van der Waals surface area contributed by atoms with Gasteiger partial charge in [-0.15, -0.1) is 23.2 Å². The number of hydrogen-bond acceptors (Lipinski definition) is 2. The number of halogens is 2. The van der Waals surface area contributed by atoms with Crippen LogP contribution in [0.1, 0.15) is 25.7 Å². The Morgan fingerprint density at radius 3 is 2.46 bits per heavy atom. The summed E-state index contributed by atoms with van der Waals surface area (Å²) in [5.41, 5.74) is -1.19. The molecule has 1 unspecified atom stereocenters. The van der Waals surface area contributed by atoms with E-state index in [0.29, 0.717) is 6.42 Å². The van der Waals surface area contributed by atoms with Gasteiger partial charge in [-0.3, -0.25) is 4.79 Å². The molecule has 1 rings (SSSR count). The quantitative estimate of drug-likeness (QED) is 0.745. The zero-order valence-electron chi connectivity index (χ0n) is 7.43. The molecular formula is C9H14Cl2O2. The van der Waals surface area contributed by atoms with Gasteiger partial charge in [-0.05, 0) is 12.8 Å². The van der Waals surface area contributed by atoms with Crippen molar-refractivity contribution in [1.82, 2.24) is 0 Å². The summed E-state index contributed by atoms with van der Waals surface area (Å²) in [7, 11) is 0. The maximum Gasteiger partial charge on any atom is 0.138 e. The largest absolute Gasteiger partial charge is 0.387 e. The van der Waals surface area contributed by atoms with E-state index in [4.69, 9.17) is 23.2 Å². The molecule has 0 aromatic carbocycles. The van der Waals surface area contributed by atoms with Gasteiger partial charge in [0.2, 0.25) is 0 Å². The lowest BCUT2D eigenvalue weighted by Crippen LogP contribution is -2.47. The summed E-state index contributed by atoms with van der Waals surface area (Å²) in [4.78, 5) is 11.5. The second kappa shape index (κ2) is 4.63. The zero-order chi connectivity index (χ0) is 9.90. The number of ketones is 1. The Labute approximate surface area is 88.2 Å². The molecule has 0 saturated heterocycles. The van der Waals surface area contributed by atoms with E-state index in [2.05, 4.69) is 0 Å². The predicted molar refractivity (Wildman–Crippen MR) is 53.4 cm³/mol. The van der Waals surface area contributed by atoms with Gasteiger partial charge in [0, 0.05) is 12.3 Å². The Morgan fingerprint density at radius 1 is 1.38 bits per heavy atom. The van der Waals surface area contributed by atoms with E-state index in [1.807, 2.05) is 0 Å². The first-order valence-electron chi connectivity index (χ1n) is 4.51. The number of Topliss-reactive ketones (excluding diaryl/α,β-unsaturated/α-hetero) is 1. The molecule has 0 spiro atoms. The molecule has 0 bridgehead atoms. The second-order valence-electron chi connectivity index (χ2n) is 3.64. The highest BCUT2D eigenvalue weighted by Crippen LogP contribution is 2.31. The second-order valence-corrected chi connectivity index (χ2v) is 4.17. The third-order valence-corrected chi connectivity index (χ3v) is 3.59. The van der Waals surface area contributed by atoms with Crippen molar-refractivity contribution < 1.29 is 9.90 Å². The summed E-state index contributed by atoms with van der Waals surface area (Å²) in [5, 5.41) is 9.94. The highest BCUT2D eigenvalue weighted by Gasteiger charge is 2.40. The SMILES string of the molecule is O=C1CCCCC1C(O)(CCl)CCl. The number of hydrogen-bond donors (Lipinski definition) is 1. The van der Waals surface area contributed by atoms with E-state index in [1.165, 1.54) is 0 Å². The van der Waals surface area contributed by atoms with E-state index < -0.39 is 5.60 Å². The number of alkyl halides is 2. The lowest BCUT2D eigenvalue weighted by atomic mass is 9.78. The lowest BCUT2D eigenvalue weighted by Gasteiger charge is -2.34. The molecule has 0 amide bonds. The van der Waals surface area contributed by atoms with Crippen LogP contribution in [0.15, 0.2) is 0 Å². The Bertz CT molecular complexity index is 190. The molecule has 1 N–H and O–H groups in total. The van der Waals surface area contributed by atoms with Crippen molar-refractivity contribution in [2.45, 2.75) is 31.3 Å². The van der Waals surface area contributed by atoms with Gasteiger partial charge in [0.05, 0.1) is 11.8 Å². The number of aliphatic hydroxyl groups is 1. The predicted octanol–water partition coefficient (Wildman–Crippen LogP) is 1.95. The van der Waals surface area contributed by atoms with Gasteiger partial charge in [-0.1, -0.05) is 6.42 Å². The van der Waals surface area contributed by atoms with Gasteiger partial charge in [-0.25, -0.2) is 0 Å². The summed E-state index contributed by atoms with van der Waals surface area (Å²) >= 11 is 11.2. The zero-order valence-corrected chi connectivity index (χ0v) is 8.94. The molecular weight excluding hydrogens is 211 g/mol. The van der Waals surface area contributed by atoms with E-state index in [1.54, 1.807) is 0 Å². The molecule has 1 saturated carbocycles. The minimum Gasteiger partial charge on any atom is -0.387 e. The van der Waals surface area contributed by atoms with Crippen LogP contribution in [0.3, 0.4) is 0 Å². The summed E-state index contributed by atoms with van der Waals surface area (Å²) in [6, 6.07) is 0. The normalized spacial score (nSPS) is 24.8. The van der Waals surface area contributed by atoms with Crippen molar-refractivity contribution in [3.05, 3.63) is 0 Å². The first-order valence-corrected chi connectivity index (χ1v) is 5.58. The molecule has 4 heteroatoms.